The van der Waals surface area contributed by atoms with Gasteiger partial charge in [-0.3, -0.25) is 9.69 Å². The number of amides is 1. The second kappa shape index (κ2) is 7.65. The van der Waals surface area contributed by atoms with Crippen molar-refractivity contribution >= 4 is 17.5 Å². The predicted molar refractivity (Wildman–Crippen MR) is 92.1 cm³/mol. The van der Waals surface area contributed by atoms with Crippen LogP contribution in [0.4, 0.5) is 0 Å². The lowest BCUT2D eigenvalue weighted by Gasteiger charge is -2.33. The van der Waals surface area contributed by atoms with Crippen molar-refractivity contribution in [3.8, 4) is 0 Å². The maximum absolute atomic E-state index is 12.7. The van der Waals surface area contributed by atoms with Crippen molar-refractivity contribution in [2.45, 2.75) is 32.2 Å². The van der Waals surface area contributed by atoms with Crippen molar-refractivity contribution < 1.29 is 9.53 Å². The van der Waals surface area contributed by atoms with Crippen molar-refractivity contribution in [1.29, 1.82) is 0 Å². The van der Waals surface area contributed by atoms with Crippen molar-refractivity contribution in [2.75, 3.05) is 39.4 Å². The van der Waals surface area contributed by atoms with E-state index < -0.39 is 0 Å². The van der Waals surface area contributed by atoms with Gasteiger partial charge in [-0.05, 0) is 43.9 Å². The van der Waals surface area contributed by atoms with E-state index in [2.05, 4.69) is 4.90 Å². The third-order valence-electron chi connectivity index (χ3n) is 4.94. The van der Waals surface area contributed by atoms with Crippen LogP contribution >= 0.6 is 11.6 Å². The van der Waals surface area contributed by atoms with Crippen molar-refractivity contribution in [3.63, 3.8) is 0 Å². The van der Waals surface area contributed by atoms with Crippen LogP contribution in [-0.2, 0) is 4.74 Å². The Kier molecular flexibility index (Phi) is 5.57. The molecule has 23 heavy (non-hydrogen) atoms. The fraction of sp³-hybridized carbons (Fsp3) is 0.611. The Morgan fingerprint density at radius 3 is 2.70 bits per heavy atom. The summed E-state index contributed by atoms with van der Waals surface area (Å²) in [5.41, 5.74) is 1.70. The van der Waals surface area contributed by atoms with Gasteiger partial charge in [-0.25, -0.2) is 0 Å². The van der Waals surface area contributed by atoms with Gasteiger partial charge in [-0.15, -0.1) is 0 Å². The molecule has 1 amide bonds. The maximum Gasteiger partial charge on any atom is 0.253 e. The standard InChI is InChI=1S/C18H25ClN2O2/c1-14-3-4-15(13-17(14)19)18(22)21-8-2-7-20(9-10-21)16-5-11-23-12-6-16/h3-4,13,16H,2,5-12H2,1H3. The van der Waals surface area contributed by atoms with Gasteiger partial charge in [-0.1, -0.05) is 17.7 Å². The number of hydrogen-bond donors (Lipinski definition) is 0. The van der Waals surface area contributed by atoms with Crippen LogP contribution in [0.2, 0.25) is 5.02 Å². The third-order valence-corrected chi connectivity index (χ3v) is 5.35. The van der Waals surface area contributed by atoms with Crippen molar-refractivity contribution in [1.82, 2.24) is 9.80 Å². The molecule has 0 atom stereocenters. The summed E-state index contributed by atoms with van der Waals surface area (Å²) < 4.78 is 5.46. The zero-order valence-corrected chi connectivity index (χ0v) is 14.5. The molecule has 0 unspecified atom stereocenters. The van der Waals surface area contributed by atoms with Gasteiger partial charge < -0.3 is 9.64 Å². The zero-order chi connectivity index (χ0) is 16.2. The lowest BCUT2D eigenvalue weighted by atomic mass is 10.1. The lowest BCUT2D eigenvalue weighted by molar-refractivity contribution is 0.0351. The molecule has 1 aromatic rings. The van der Waals surface area contributed by atoms with E-state index in [0.717, 1.165) is 64.2 Å². The van der Waals surface area contributed by atoms with Gasteiger partial charge in [0.1, 0.15) is 0 Å². The summed E-state index contributed by atoms with van der Waals surface area (Å²) in [5.74, 6) is 0.0979. The quantitative estimate of drug-likeness (QED) is 0.832. The molecule has 0 saturated carbocycles. The molecule has 0 aromatic heterocycles. The third kappa shape index (κ3) is 4.06. The summed E-state index contributed by atoms with van der Waals surface area (Å²) in [6, 6.07) is 6.21. The molecule has 0 radical (unpaired) electrons. The highest BCUT2D eigenvalue weighted by atomic mass is 35.5. The average Bonchev–Trinajstić information content (AvgIpc) is 2.83. The molecular formula is C18H25ClN2O2. The Morgan fingerprint density at radius 2 is 1.96 bits per heavy atom. The SMILES string of the molecule is Cc1ccc(C(=O)N2CCCN(C3CCOCC3)CC2)cc1Cl. The first-order chi connectivity index (χ1) is 11.1. The van der Waals surface area contributed by atoms with Gasteiger partial charge in [0, 0.05) is 56.0 Å². The van der Waals surface area contributed by atoms with E-state index in [4.69, 9.17) is 16.3 Å². The monoisotopic (exact) mass is 336 g/mol. The minimum atomic E-state index is 0.0979. The Labute approximate surface area is 143 Å². The number of benzene rings is 1. The molecule has 0 aliphatic carbocycles. The molecule has 2 aliphatic rings. The molecule has 126 valence electrons. The smallest absolute Gasteiger partial charge is 0.253 e. The molecule has 5 heteroatoms. The lowest BCUT2D eigenvalue weighted by Crippen LogP contribution is -2.42. The summed E-state index contributed by atoms with van der Waals surface area (Å²) in [4.78, 5) is 17.2. The predicted octanol–water partition coefficient (Wildman–Crippen LogP) is 2.98. The number of hydrogen-bond acceptors (Lipinski definition) is 3. The number of carbonyl (C=O) groups is 1. The summed E-state index contributed by atoms with van der Waals surface area (Å²) in [6.45, 7) is 7.33. The maximum atomic E-state index is 12.7. The van der Waals surface area contributed by atoms with Gasteiger partial charge in [0.25, 0.3) is 5.91 Å². The molecule has 3 rings (SSSR count). The first kappa shape index (κ1) is 16.7. The molecule has 0 spiro atoms. The van der Waals surface area contributed by atoms with Gasteiger partial charge in [0.15, 0.2) is 0 Å². The summed E-state index contributed by atoms with van der Waals surface area (Å²) in [5, 5.41) is 0.662. The second-order valence-corrected chi connectivity index (χ2v) is 6.90. The highest BCUT2D eigenvalue weighted by molar-refractivity contribution is 6.31. The highest BCUT2D eigenvalue weighted by Crippen LogP contribution is 2.20. The molecule has 2 fully saturated rings. The number of nitrogens with zero attached hydrogens (tertiary/aromatic N) is 2. The van der Waals surface area contributed by atoms with E-state index in [9.17, 15) is 4.79 Å². The molecule has 2 heterocycles. The molecular weight excluding hydrogens is 312 g/mol. The van der Waals surface area contributed by atoms with E-state index in [-0.39, 0.29) is 5.91 Å². The Hall–Kier alpha value is -1.10. The van der Waals surface area contributed by atoms with Crippen LogP contribution in [0.3, 0.4) is 0 Å². The molecule has 1 aromatic carbocycles. The topological polar surface area (TPSA) is 32.8 Å². The van der Waals surface area contributed by atoms with Crippen LogP contribution in [-0.4, -0.2) is 61.1 Å². The van der Waals surface area contributed by atoms with E-state index >= 15 is 0 Å². The molecule has 4 nitrogen and oxygen atoms in total. The number of rotatable bonds is 2. The van der Waals surface area contributed by atoms with Crippen LogP contribution in [0.25, 0.3) is 0 Å². The second-order valence-electron chi connectivity index (χ2n) is 6.49. The van der Waals surface area contributed by atoms with Crippen LogP contribution in [0, 0.1) is 6.92 Å². The summed E-state index contributed by atoms with van der Waals surface area (Å²) in [6.07, 6.45) is 3.26. The molecule has 0 N–H and O–H groups in total. The first-order valence-corrected chi connectivity index (χ1v) is 8.90. The largest absolute Gasteiger partial charge is 0.381 e. The number of aryl methyl sites for hydroxylation is 1. The fourth-order valence-corrected chi connectivity index (χ4v) is 3.64. The minimum Gasteiger partial charge on any atom is -0.381 e. The fourth-order valence-electron chi connectivity index (χ4n) is 3.46. The first-order valence-electron chi connectivity index (χ1n) is 8.52. The molecule has 0 bridgehead atoms. The van der Waals surface area contributed by atoms with E-state index in [1.165, 1.54) is 0 Å². The Morgan fingerprint density at radius 1 is 1.17 bits per heavy atom. The minimum absolute atomic E-state index is 0.0979. The van der Waals surface area contributed by atoms with Crippen LogP contribution in [0.1, 0.15) is 35.2 Å². The molecule has 2 aliphatic heterocycles. The molecule has 2 saturated heterocycles. The Balaban J connectivity index is 1.62. The van der Waals surface area contributed by atoms with E-state index in [1.807, 2.05) is 24.0 Å². The normalized spacial score (nSPS) is 21.2. The van der Waals surface area contributed by atoms with Gasteiger partial charge in [0.05, 0.1) is 0 Å². The van der Waals surface area contributed by atoms with Gasteiger partial charge in [-0.2, -0.15) is 0 Å². The summed E-state index contributed by atoms with van der Waals surface area (Å²) in [7, 11) is 0. The number of ether oxygens (including phenoxy) is 1. The summed E-state index contributed by atoms with van der Waals surface area (Å²) >= 11 is 6.16. The van der Waals surface area contributed by atoms with Crippen LogP contribution < -0.4 is 0 Å². The van der Waals surface area contributed by atoms with Gasteiger partial charge in [0.2, 0.25) is 0 Å². The Bertz CT molecular complexity index is 558. The highest BCUT2D eigenvalue weighted by Gasteiger charge is 2.26. The zero-order valence-electron chi connectivity index (χ0n) is 13.8. The van der Waals surface area contributed by atoms with Crippen molar-refractivity contribution in [3.05, 3.63) is 34.3 Å². The van der Waals surface area contributed by atoms with Gasteiger partial charge >= 0.3 is 0 Å². The van der Waals surface area contributed by atoms with Crippen molar-refractivity contribution in [2.24, 2.45) is 0 Å². The van der Waals surface area contributed by atoms with E-state index in [1.54, 1.807) is 6.07 Å². The number of halogens is 1. The number of carbonyl (C=O) groups excluding carboxylic acids is 1. The average molecular weight is 337 g/mol. The van der Waals surface area contributed by atoms with E-state index in [0.29, 0.717) is 16.6 Å². The van der Waals surface area contributed by atoms with Crippen LogP contribution in [0.5, 0.6) is 0 Å². The van der Waals surface area contributed by atoms with Crippen LogP contribution in [0.15, 0.2) is 18.2 Å².